The molecule has 0 aromatic heterocycles. The summed E-state index contributed by atoms with van der Waals surface area (Å²) in [5.74, 6) is -1.20. The van der Waals surface area contributed by atoms with Crippen molar-refractivity contribution < 1.29 is 18.3 Å². The van der Waals surface area contributed by atoms with Crippen LogP contribution in [0.1, 0.15) is 34.1 Å². The monoisotopic (exact) mass is 248 g/mol. The van der Waals surface area contributed by atoms with Crippen molar-refractivity contribution in [3.63, 3.8) is 0 Å². The van der Waals surface area contributed by atoms with Crippen molar-refractivity contribution >= 4 is 15.8 Å². The molecule has 16 heavy (non-hydrogen) atoms. The van der Waals surface area contributed by atoms with Crippen molar-refractivity contribution in [3.05, 3.63) is 12.7 Å². The van der Waals surface area contributed by atoms with Crippen molar-refractivity contribution in [3.8, 4) is 0 Å². The van der Waals surface area contributed by atoms with E-state index < -0.39 is 26.0 Å². The summed E-state index contributed by atoms with van der Waals surface area (Å²) in [6, 6.07) is 0. The molecule has 0 bridgehead atoms. The van der Waals surface area contributed by atoms with E-state index in [0.717, 1.165) is 0 Å². The van der Waals surface area contributed by atoms with Crippen molar-refractivity contribution in [1.82, 2.24) is 0 Å². The smallest absolute Gasteiger partial charge is 0.313 e. The van der Waals surface area contributed by atoms with Gasteiger partial charge >= 0.3 is 5.97 Å². The molecule has 0 amide bonds. The van der Waals surface area contributed by atoms with Crippen LogP contribution in [0.25, 0.3) is 0 Å². The van der Waals surface area contributed by atoms with Gasteiger partial charge in [0.05, 0.1) is 15.9 Å². The number of hydrogen-bond donors (Lipinski definition) is 1. The van der Waals surface area contributed by atoms with Crippen LogP contribution in [0.4, 0.5) is 0 Å². The molecule has 0 rings (SSSR count). The zero-order valence-corrected chi connectivity index (χ0v) is 11.1. The first-order chi connectivity index (χ1) is 6.96. The van der Waals surface area contributed by atoms with Gasteiger partial charge in [0.1, 0.15) is 0 Å². The Kier molecular flexibility index (Phi) is 4.33. The van der Waals surface area contributed by atoms with Gasteiger partial charge in [-0.1, -0.05) is 6.08 Å². The summed E-state index contributed by atoms with van der Waals surface area (Å²) in [7, 11) is -3.29. The third-order valence-corrected chi connectivity index (χ3v) is 5.37. The van der Waals surface area contributed by atoms with E-state index in [1.807, 2.05) is 0 Å². The first-order valence-electron chi connectivity index (χ1n) is 5.05. The van der Waals surface area contributed by atoms with Crippen LogP contribution in [0.2, 0.25) is 0 Å². The van der Waals surface area contributed by atoms with E-state index >= 15 is 0 Å². The fourth-order valence-corrected chi connectivity index (χ4v) is 2.25. The van der Waals surface area contributed by atoms with E-state index in [0.29, 0.717) is 0 Å². The van der Waals surface area contributed by atoms with Gasteiger partial charge in [0.15, 0.2) is 9.84 Å². The summed E-state index contributed by atoms with van der Waals surface area (Å²) in [5, 5.41) is 8.97. The van der Waals surface area contributed by atoms with Crippen LogP contribution < -0.4 is 0 Å². The number of carboxylic acids is 1. The Balaban J connectivity index is 4.83. The third-order valence-electron chi connectivity index (χ3n) is 2.76. The van der Waals surface area contributed by atoms with Crippen LogP contribution >= 0.6 is 0 Å². The minimum Gasteiger partial charge on any atom is -0.481 e. The molecule has 94 valence electrons. The van der Waals surface area contributed by atoms with Crippen LogP contribution in [0.15, 0.2) is 12.7 Å². The van der Waals surface area contributed by atoms with Crippen LogP contribution in [-0.4, -0.2) is 30.0 Å². The Morgan fingerprint density at radius 1 is 1.31 bits per heavy atom. The highest BCUT2D eigenvalue weighted by Crippen LogP contribution is 2.26. The van der Waals surface area contributed by atoms with Crippen molar-refractivity contribution in [2.75, 3.05) is 5.75 Å². The molecular formula is C11H20O4S. The second kappa shape index (κ2) is 4.57. The molecule has 1 atom stereocenters. The normalized spacial score (nSPS) is 16.5. The number of rotatable bonds is 5. The van der Waals surface area contributed by atoms with Crippen molar-refractivity contribution in [2.45, 2.75) is 38.9 Å². The molecule has 0 aliphatic rings. The molecule has 0 aromatic carbocycles. The fourth-order valence-electron chi connectivity index (χ4n) is 0.949. The van der Waals surface area contributed by atoms with E-state index in [1.165, 1.54) is 13.0 Å². The summed E-state index contributed by atoms with van der Waals surface area (Å²) in [6.45, 7) is 9.73. The van der Waals surface area contributed by atoms with Gasteiger partial charge in [-0.15, -0.1) is 6.58 Å². The van der Waals surface area contributed by atoms with Gasteiger partial charge in [-0.3, -0.25) is 4.79 Å². The highest BCUT2D eigenvalue weighted by molar-refractivity contribution is 7.92. The standard InChI is InChI=1S/C11H20O4S/c1-6-11(5,9(12)13)7-8-16(14,15)10(2,3)4/h6H,1,7-8H2,2-5H3,(H,12,13). The lowest BCUT2D eigenvalue weighted by Gasteiger charge is -2.24. The Morgan fingerprint density at radius 3 is 2.00 bits per heavy atom. The number of aliphatic carboxylic acids is 1. The Morgan fingerprint density at radius 2 is 1.75 bits per heavy atom. The Hall–Kier alpha value is -0.840. The van der Waals surface area contributed by atoms with Crippen molar-refractivity contribution in [1.29, 1.82) is 0 Å². The van der Waals surface area contributed by atoms with E-state index in [4.69, 9.17) is 5.11 Å². The van der Waals surface area contributed by atoms with E-state index in [1.54, 1.807) is 20.8 Å². The predicted molar refractivity (Wildman–Crippen MR) is 64.1 cm³/mol. The van der Waals surface area contributed by atoms with Crippen LogP contribution in [0.5, 0.6) is 0 Å². The third kappa shape index (κ3) is 3.33. The molecule has 1 N–H and O–H groups in total. The molecule has 0 radical (unpaired) electrons. The van der Waals surface area contributed by atoms with Gasteiger partial charge in [-0.2, -0.15) is 0 Å². The zero-order valence-electron chi connectivity index (χ0n) is 10.3. The second-order valence-electron chi connectivity index (χ2n) is 5.11. The van der Waals surface area contributed by atoms with Crippen molar-refractivity contribution in [2.24, 2.45) is 5.41 Å². The lowest BCUT2D eigenvalue weighted by Crippen LogP contribution is -2.34. The average molecular weight is 248 g/mol. The number of carboxylic acid groups (broad SMARTS) is 1. The summed E-state index contributed by atoms with van der Waals surface area (Å²) >= 11 is 0. The number of carbonyl (C=O) groups is 1. The maximum absolute atomic E-state index is 11.8. The molecule has 1 unspecified atom stereocenters. The van der Waals surface area contributed by atoms with E-state index in [9.17, 15) is 13.2 Å². The lowest BCUT2D eigenvalue weighted by atomic mass is 9.88. The zero-order chi connectivity index (χ0) is 13.2. The maximum atomic E-state index is 11.8. The minimum atomic E-state index is -3.29. The van der Waals surface area contributed by atoms with Crippen LogP contribution in [0, 0.1) is 5.41 Å². The van der Waals surface area contributed by atoms with Gasteiger partial charge in [-0.05, 0) is 34.1 Å². The molecule has 0 aliphatic heterocycles. The first kappa shape index (κ1) is 15.2. The molecule has 0 saturated heterocycles. The number of hydrogen-bond acceptors (Lipinski definition) is 3. The largest absolute Gasteiger partial charge is 0.481 e. The lowest BCUT2D eigenvalue weighted by molar-refractivity contribution is -0.145. The molecule has 4 nitrogen and oxygen atoms in total. The van der Waals surface area contributed by atoms with Crippen LogP contribution in [0.3, 0.4) is 0 Å². The molecule has 5 heteroatoms. The van der Waals surface area contributed by atoms with Gasteiger partial charge in [0, 0.05) is 0 Å². The Labute approximate surface area is 97.3 Å². The van der Waals surface area contributed by atoms with Gasteiger partial charge in [-0.25, -0.2) is 8.42 Å². The molecule has 0 aromatic rings. The fraction of sp³-hybridized carbons (Fsp3) is 0.727. The minimum absolute atomic E-state index is 0.0471. The molecule has 0 fully saturated rings. The maximum Gasteiger partial charge on any atom is 0.313 e. The van der Waals surface area contributed by atoms with E-state index in [-0.39, 0.29) is 12.2 Å². The summed E-state index contributed by atoms with van der Waals surface area (Å²) in [4.78, 5) is 11.0. The van der Waals surface area contributed by atoms with Gasteiger partial charge in [0.25, 0.3) is 0 Å². The summed E-state index contributed by atoms with van der Waals surface area (Å²) < 4.78 is 22.8. The summed E-state index contributed by atoms with van der Waals surface area (Å²) in [5.41, 5.74) is -1.18. The van der Waals surface area contributed by atoms with Gasteiger partial charge < -0.3 is 5.11 Å². The highest BCUT2D eigenvalue weighted by atomic mass is 32.2. The molecule has 0 aliphatic carbocycles. The molecule has 0 spiro atoms. The quantitative estimate of drug-likeness (QED) is 0.754. The summed E-state index contributed by atoms with van der Waals surface area (Å²) in [6.07, 6.45) is 1.33. The average Bonchev–Trinajstić information content (AvgIpc) is 2.12. The topological polar surface area (TPSA) is 71.4 Å². The molecular weight excluding hydrogens is 228 g/mol. The molecule has 0 saturated carbocycles. The second-order valence-corrected chi connectivity index (χ2v) is 7.97. The SMILES string of the molecule is C=CC(C)(CCS(=O)(=O)C(C)(C)C)C(=O)O. The van der Waals surface area contributed by atoms with E-state index in [2.05, 4.69) is 6.58 Å². The van der Waals surface area contributed by atoms with Crippen LogP contribution in [-0.2, 0) is 14.6 Å². The molecule has 0 heterocycles. The first-order valence-corrected chi connectivity index (χ1v) is 6.71. The van der Waals surface area contributed by atoms with Gasteiger partial charge in [0.2, 0.25) is 0 Å². The predicted octanol–water partition coefficient (Wildman–Crippen LogP) is 1.87. The number of sulfone groups is 1. The Bertz CT molecular complexity index is 375. The highest BCUT2D eigenvalue weighted by Gasteiger charge is 2.35.